The highest BCUT2D eigenvalue weighted by molar-refractivity contribution is 5.94. The molecule has 1 aromatic carbocycles. The molecule has 3 rings (SSSR count). The van der Waals surface area contributed by atoms with Gasteiger partial charge in [0.2, 0.25) is 0 Å². The van der Waals surface area contributed by atoms with Crippen molar-refractivity contribution in [2.45, 2.75) is 19.5 Å². The molecular formula is C17H20N2O3. The Morgan fingerprint density at radius 3 is 2.68 bits per heavy atom. The summed E-state index contributed by atoms with van der Waals surface area (Å²) in [5.74, 6) is 1.59. The zero-order valence-corrected chi connectivity index (χ0v) is 12.6. The number of hydrogen-bond donors (Lipinski definition) is 1. The van der Waals surface area contributed by atoms with Crippen LogP contribution in [-0.4, -0.2) is 30.6 Å². The number of carbonyl (C=O) groups is 1. The van der Waals surface area contributed by atoms with Crippen LogP contribution in [-0.2, 0) is 11.3 Å². The second-order valence-electron chi connectivity index (χ2n) is 5.44. The van der Waals surface area contributed by atoms with Crippen molar-refractivity contribution in [3.8, 4) is 0 Å². The second-order valence-corrected chi connectivity index (χ2v) is 5.44. The molecule has 5 nitrogen and oxygen atoms in total. The van der Waals surface area contributed by atoms with Crippen molar-refractivity contribution in [2.75, 3.05) is 19.8 Å². The number of nitrogens with two attached hydrogens (primary N) is 1. The fourth-order valence-electron chi connectivity index (χ4n) is 2.66. The van der Waals surface area contributed by atoms with Crippen LogP contribution in [0, 0.1) is 6.92 Å². The summed E-state index contributed by atoms with van der Waals surface area (Å²) >= 11 is 0. The molecule has 2 N–H and O–H groups in total. The third-order valence-electron chi connectivity index (χ3n) is 3.92. The fraction of sp³-hybridized carbons (Fsp3) is 0.353. The summed E-state index contributed by atoms with van der Waals surface area (Å²) in [6, 6.07) is 11.1. The van der Waals surface area contributed by atoms with Gasteiger partial charge in [0.15, 0.2) is 0 Å². The number of nitrogens with zero attached hydrogens (tertiary/aromatic N) is 1. The van der Waals surface area contributed by atoms with Gasteiger partial charge in [-0.2, -0.15) is 0 Å². The van der Waals surface area contributed by atoms with E-state index in [0.717, 1.165) is 17.1 Å². The summed E-state index contributed by atoms with van der Waals surface area (Å²) in [5.41, 5.74) is 7.27. The number of aryl methyl sites for hydroxylation is 1. The van der Waals surface area contributed by atoms with Crippen LogP contribution in [0.25, 0.3) is 0 Å². The van der Waals surface area contributed by atoms with Crippen molar-refractivity contribution in [1.82, 2.24) is 4.90 Å². The molecule has 1 aromatic heterocycles. The summed E-state index contributed by atoms with van der Waals surface area (Å²) in [5, 5.41) is 0. The van der Waals surface area contributed by atoms with Gasteiger partial charge in [-0.25, -0.2) is 0 Å². The number of hydrogen-bond acceptors (Lipinski definition) is 4. The molecule has 0 saturated carbocycles. The van der Waals surface area contributed by atoms with E-state index in [1.807, 2.05) is 48.2 Å². The van der Waals surface area contributed by atoms with Gasteiger partial charge in [-0.05, 0) is 36.8 Å². The molecule has 2 aromatic rings. The highest BCUT2D eigenvalue weighted by Crippen LogP contribution is 2.27. The van der Waals surface area contributed by atoms with Crippen molar-refractivity contribution in [3.05, 3.63) is 59.0 Å². The van der Waals surface area contributed by atoms with E-state index < -0.39 is 0 Å². The first-order valence-corrected chi connectivity index (χ1v) is 7.43. The lowest BCUT2D eigenvalue weighted by Gasteiger charge is -2.34. The lowest BCUT2D eigenvalue weighted by Crippen LogP contribution is -2.43. The Bertz CT molecular complexity index is 648. The average Bonchev–Trinajstić information content (AvgIpc) is 3.00. The maximum atomic E-state index is 12.8. The van der Waals surface area contributed by atoms with E-state index in [1.165, 1.54) is 0 Å². The number of morpholine rings is 1. The van der Waals surface area contributed by atoms with Crippen molar-refractivity contribution >= 4 is 5.91 Å². The first-order chi connectivity index (χ1) is 10.7. The largest absolute Gasteiger partial charge is 0.464 e. The van der Waals surface area contributed by atoms with Gasteiger partial charge >= 0.3 is 0 Å². The van der Waals surface area contributed by atoms with Crippen LogP contribution < -0.4 is 5.73 Å². The molecule has 0 spiro atoms. The van der Waals surface area contributed by atoms with E-state index in [9.17, 15) is 4.79 Å². The smallest absolute Gasteiger partial charge is 0.254 e. The van der Waals surface area contributed by atoms with E-state index in [-0.39, 0.29) is 11.9 Å². The second kappa shape index (κ2) is 6.34. The van der Waals surface area contributed by atoms with Gasteiger partial charge in [-0.1, -0.05) is 12.1 Å². The Balaban J connectivity index is 1.84. The molecule has 5 heteroatoms. The van der Waals surface area contributed by atoms with Crippen molar-refractivity contribution in [1.29, 1.82) is 0 Å². The molecule has 2 heterocycles. The Morgan fingerprint density at radius 1 is 1.27 bits per heavy atom. The first-order valence-electron chi connectivity index (χ1n) is 7.43. The minimum absolute atomic E-state index is 0.00840. The molecule has 1 fully saturated rings. The van der Waals surface area contributed by atoms with Gasteiger partial charge in [-0.3, -0.25) is 4.79 Å². The summed E-state index contributed by atoms with van der Waals surface area (Å²) in [4.78, 5) is 14.6. The summed E-state index contributed by atoms with van der Waals surface area (Å²) in [6.45, 7) is 3.93. The predicted octanol–water partition coefficient (Wildman–Crippen LogP) is 2.26. The highest BCUT2D eigenvalue weighted by Gasteiger charge is 2.31. The zero-order valence-electron chi connectivity index (χ0n) is 12.6. The Morgan fingerprint density at radius 2 is 2.05 bits per heavy atom. The number of furan rings is 1. The first kappa shape index (κ1) is 14.8. The number of carbonyl (C=O) groups excluding carboxylic acids is 1. The molecule has 0 radical (unpaired) electrons. The monoisotopic (exact) mass is 300 g/mol. The molecular weight excluding hydrogens is 280 g/mol. The van der Waals surface area contributed by atoms with Gasteiger partial charge in [0, 0.05) is 18.7 Å². The quantitative estimate of drug-likeness (QED) is 0.944. The third kappa shape index (κ3) is 2.91. The molecule has 116 valence electrons. The third-order valence-corrected chi connectivity index (χ3v) is 3.92. The van der Waals surface area contributed by atoms with Crippen molar-refractivity contribution in [2.24, 2.45) is 5.73 Å². The molecule has 0 bridgehead atoms. The molecule has 1 aliphatic rings. The van der Waals surface area contributed by atoms with Crippen molar-refractivity contribution in [3.63, 3.8) is 0 Å². The van der Waals surface area contributed by atoms with Crippen LogP contribution in [0.1, 0.15) is 33.5 Å². The van der Waals surface area contributed by atoms with Crippen LogP contribution in [0.4, 0.5) is 0 Å². The SMILES string of the molecule is Cc1ccc(C2COCCN2C(=O)c2ccc(CN)cc2)o1. The molecule has 0 aliphatic carbocycles. The topological polar surface area (TPSA) is 68.7 Å². The molecule has 1 atom stereocenters. The predicted molar refractivity (Wildman–Crippen MR) is 82.4 cm³/mol. The normalized spacial score (nSPS) is 18.5. The summed E-state index contributed by atoms with van der Waals surface area (Å²) in [7, 11) is 0. The van der Waals surface area contributed by atoms with Crippen LogP contribution in [0.2, 0.25) is 0 Å². The minimum Gasteiger partial charge on any atom is -0.464 e. The zero-order chi connectivity index (χ0) is 15.5. The number of ether oxygens (including phenoxy) is 1. The Labute approximate surface area is 129 Å². The molecule has 22 heavy (non-hydrogen) atoms. The van der Waals surface area contributed by atoms with E-state index in [2.05, 4.69) is 0 Å². The minimum atomic E-state index is -0.177. The number of rotatable bonds is 3. The van der Waals surface area contributed by atoms with Crippen LogP contribution >= 0.6 is 0 Å². The lowest BCUT2D eigenvalue weighted by molar-refractivity contribution is -0.00895. The standard InChI is InChI=1S/C17H20N2O3/c1-12-2-7-16(22-12)15-11-21-9-8-19(15)17(20)14-5-3-13(10-18)4-6-14/h2-7,15H,8-11,18H2,1H3. The summed E-state index contributed by atoms with van der Waals surface area (Å²) in [6.07, 6.45) is 0. The van der Waals surface area contributed by atoms with Crippen LogP contribution in [0.5, 0.6) is 0 Å². The van der Waals surface area contributed by atoms with Gasteiger partial charge in [0.05, 0.1) is 13.2 Å². The van der Waals surface area contributed by atoms with E-state index in [0.29, 0.717) is 31.9 Å². The van der Waals surface area contributed by atoms with Gasteiger partial charge < -0.3 is 19.8 Å². The van der Waals surface area contributed by atoms with E-state index in [1.54, 1.807) is 0 Å². The van der Waals surface area contributed by atoms with E-state index >= 15 is 0 Å². The van der Waals surface area contributed by atoms with Gasteiger partial charge in [-0.15, -0.1) is 0 Å². The van der Waals surface area contributed by atoms with E-state index in [4.69, 9.17) is 14.9 Å². The average molecular weight is 300 g/mol. The van der Waals surface area contributed by atoms with Crippen LogP contribution in [0.3, 0.4) is 0 Å². The lowest BCUT2D eigenvalue weighted by atomic mass is 10.1. The Kier molecular flexibility index (Phi) is 4.27. The highest BCUT2D eigenvalue weighted by atomic mass is 16.5. The fourth-order valence-corrected chi connectivity index (χ4v) is 2.66. The van der Waals surface area contributed by atoms with Gasteiger partial charge in [0.25, 0.3) is 5.91 Å². The maximum Gasteiger partial charge on any atom is 0.254 e. The molecule has 1 aliphatic heterocycles. The van der Waals surface area contributed by atoms with Crippen molar-refractivity contribution < 1.29 is 13.9 Å². The van der Waals surface area contributed by atoms with Crippen LogP contribution in [0.15, 0.2) is 40.8 Å². The molecule has 1 saturated heterocycles. The Hall–Kier alpha value is -2.11. The van der Waals surface area contributed by atoms with Gasteiger partial charge in [0.1, 0.15) is 17.6 Å². The summed E-state index contributed by atoms with van der Waals surface area (Å²) < 4.78 is 11.2. The maximum absolute atomic E-state index is 12.8. The number of amides is 1. The molecule has 1 amide bonds. The molecule has 1 unspecified atom stereocenters. The number of benzene rings is 1.